The predicted molar refractivity (Wildman–Crippen MR) is 132 cm³/mol. The molecular weight excluding hydrogens is 436 g/mol. The Morgan fingerprint density at radius 3 is 2.67 bits per heavy atom. The largest absolute Gasteiger partial charge is 0.351 e. The van der Waals surface area contributed by atoms with Gasteiger partial charge in [0, 0.05) is 30.3 Å². The van der Waals surface area contributed by atoms with E-state index >= 15 is 0 Å². The number of carbonyl (C=O) groups excluding carboxylic acids is 2. The fourth-order valence-corrected chi connectivity index (χ4v) is 5.43. The summed E-state index contributed by atoms with van der Waals surface area (Å²) in [5, 5.41) is 10.5. The maximum Gasteiger partial charge on any atom is 0.243 e. The standard InChI is InChI=1S/C24H34N6O2S/c1-4-22(31)27-19(13-23-28-18-11-10-17(15(2)3)12-21(18)33-23)24(32)29-20(14-26-30-25)16-8-6-5-7-9-16/h10-12,15-16,19-20H,4-9,13-14H2,1-3H3,(H,27,31)(H,29,32)/t19-,20+/m0/s1. The number of nitrogens with one attached hydrogen (secondary N) is 2. The molecule has 0 radical (unpaired) electrons. The minimum Gasteiger partial charge on any atom is -0.351 e. The van der Waals surface area contributed by atoms with Gasteiger partial charge in [0.05, 0.1) is 15.2 Å². The molecule has 1 aromatic carbocycles. The summed E-state index contributed by atoms with van der Waals surface area (Å²) in [5.41, 5.74) is 11.0. The van der Waals surface area contributed by atoms with Gasteiger partial charge in [-0.1, -0.05) is 51.2 Å². The van der Waals surface area contributed by atoms with Crippen molar-refractivity contribution in [3.05, 3.63) is 39.2 Å². The summed E-state index contributed by atoms with van der Waals surface area (Å²) in [5.74, 6) is 0.285. The zero-order chi connectivity index (χ0) is 23.8. The van der Waals surface area contributed by atoms with Crippen LogP contribution < -0.4 is 10.6 Å². The van der Waals surface area contributed by atoms with Crippen molar-refractivity contribution >= 4 is 33.4 Å². The Balaban J connectivity index is 1.78. The predicted octanol–water partition coefficient (Wildman–Crippen LogP) is 5.23. The van der Waals surface area contributed by atoms with Crippen molar-refractivity contribution in [3.63, 3.8) is 0 Å². The number of hydrogen-bond donors (Lipinski definition) is 2. The molecule has 1 aromatic heterocycles. The minimum absolute atomic E-state index is 0.178. The highest BCUT2D eigenvalue weighted by atomic mass is 32.1. The Labute approximate surface area is 199 Å². The second-order valence-corrected chi connectivity index (χ2v) is 10.2. The lowest BCUT2D eigenvalue weighted by Gasteiger charge is -2.31. The van der Waals surface area contributed by atoms with E-state index in [0.29, 0.717) is 18.8 Å². The van der Waals surface area contributed by atoms with Crippen molar-refractivity contribution in [3.8, 4) is 0 Å². The molecule has 0 saturated heterocycles. The van der Waals surface area contributed by atoms with Crippen molar-refractivity contribution < 1.29 is 9.59 Å². The molecule has 2 aromatic rings. The van der Waals surface area contributed by atoms with E-state index in [-0.39, 0.29) is 30.3 Å². The monoisotopic (exact) mass is 470 g/mol. The first-order chi connectivity index (χ1) is 15.9. The summed E-state index contributed by atoms with van der Waals surface area (Å²) in [6, 6.07) is 5.31. The number of hydrogen-bond acceptors (Lipinski definition) is 5. The molecule has 0 aliphatic heterocycles. The van der Waals surface area contributed by atoms with Crippen LogP contribution in [0.4, 0.5) is 0 Å². The molecule has 2 atom stereocenters. The number of amides is 2. The highest BCUT2D eigenvalue weighted by Gasteiger charge is 2.29. The third-order valence-electron chi connectivity index (χ3n) is 6.36. The molecule has 0 bridgehead atoms. The maximum atomic E-state index is 13.3. The van der Waals surface area contributed by atoms with Gasteiger partial charge < -0.3 is 10.6 Å². The number of benzene rings is 1. The first kappa shape index (κ1) is 25.0. The van der Waals surface area contributed by atoms with Crippen LogP contribution in [0.3, 0.4) is 0 Å². The highest BCUT2D eigenvalue weighted by molar-refractivity contribution is 7.18. The van der Waals surface area contributed by atoms with E-state index in [0.717, 1.165) is 40.9 Å². The molecule has 33 heavy (non-hydrogen) atoms. The first-order valence-electron chi connectivity index (χ1n) is 11.9. The fraction of sp³-hybridized carbons (Fsp3) is 0.625. The number of rotatable bonds is 10. The SMILES string of the molecule is CCC(=O)N[C@@H](Cc1nc2ccc(C(C)C)cc2s1)C(=O)N[C@H](CN=[N+]=[N-])C1CCCCC1. The Morgan fingerprint density at radius 1 is 1.24 bits per heavy atom. The highest BCUT2D eigenvalue weighted by Crippen LogP contribution is 2.28. The second kappa shape index (κ2) is 12.0. The molecule has 2 N–H and O–H groups in total. The lowest BCUT2D eigenvalue weighted by Crippen LogP contribution is -2.53. The van der Waals surface area contributed by atoms with Gasteiger partial charge in [0.1, 0.15) is 6.04 Å². The van der Waals surface area contributed by atoms with Crippen LogP contribution in [0.5, 0.6) is 0 Å². The van der Waals surface area contributed by atoms with Crippen molar-refractivity contribution in [1.82, 2.24) is 15.6 Å². The molecule has 3 rings (SSSR count). The van der Waals surface area contributed by atoms with Gasteiger partial charge in [-0.05, 0) is 47.9 Å². The molecule has 1 fully saturated rings. The third kappa shape index (κ3) is 6.92. The summed E-state index contributed by atoms with van der Waals surface area (Å²) in [6.07, 6.45) is 6.08. The van der Waals surface area contributed by atoms with E-state index in [1.165, 1.54) is 12.0 Å². The Kier molecular flexibility index (Phi) is 9.09. The van der Waals surface area contributed by atoms with Crippen LogP contribution in [0.25, 0.3) is 20.7 Å². The maximum absolute atomic E-state index is 13.3. The molecule has 1 heterocycles. The van der Waals surface area contributed by atoms with Crippen molar-refractivity contribution in [2.45, 2.75) is 83.7 Å². The van der Waals surface area contributed by atoms with Gasteiger partial charge in [-0.25, -0.2) is 4.98 Å². The van der Waals surface area contributed by atoms with Gasteiger partial charge in [-0.3, -0.25) is 9.59 Å². The Morgan fingerprint density at radius 2 is 2.00 bits per heavy atom. The second-order valence-electron chi connectivity index (χ2n) is 9.09. The van der Waals surface area contributed by atoms with Gasteiger partial charge in [0.25, 0.3) is 0 Å². The molecule has 0 unspecified atom stereocenters. The van der Waals surface area contributed by atoms with Crippen LogP contribution in [0, 0.1) is 5.92 Å². The quantitative estimate of drug-likeness (QED) is 0.281. The number of thiazole rings is 1. The number of azide groups is 1. The van der Waals surface area contributed by atoms with E-state index in [1.54, 1.807) is 18.3 Å². The van der Waals surface area contributed by atoms with Crippen LogP contribution in [-0.4, -0.2) is 35.4 Å². The molecule has 1 saturated carbocycles. The summed E-state index contributed by atoms with van der Waals surface area (Å²) < 4.78 is 1.08. The molecule has 2 amide bonds. The van der Waals surface area contributed by atoms with E-state index < -0.39 is 6.04 Å². The van der Waals surface area contributed by atoms with Crippen LogP contribution in [0.15, 0.2) is 23.3 Å². The fourth-order valence-electron chi connectivity index (χ4n) is 4.37. The topological polar surface area (TPSA) is 120 Å². The summed E-state index contributed by atoms with van der Waals surface area (Å²) in [6.45, 7) is 6.30. The summed E-state index contributed by atoms with van der Waals surface area (Å²) in [7, 11) is 0. The molecule has 178 valence electrons. The molecule has 1 aliphatic carbocycles. The average Bonchev–Trinajstić information content (AvgIpc) is 3.23. The molecule has 1 aliphatic rings. The first-order valence-corrected chi connectivity index (χ1v) is 12.7. The lowest BCUT2D eigenvalue weighted by atomic mass is 9.83. The van der Waals surface area contributed by atoms with Gasteiger partial charge >= 0.3 is 0 Å². The third-order valence-corrected chi connectivity index (χ3v) is 7.40. The van der Waals surface area contributed by atoms with Gasteiger partial charge in [0.2, 0.25) is 11.8 Å². The van der Waals surface area contributed by atoms with Crippen LogP contribution in [0.1, 0.15) is 75.8 Å². The van der Waals surface area contributed by atoms with E-state index in [9.17, 15) is 9.59 Å². The van der Waals surface area contributed by atoms with E-state index in [4.69, 9.17) is 10.5 Å². The number of nitrogens with zero attached hydrogens (tertiary/aromatic N) is 4. The van der Waals surface area contributed by atoms with Gasteiger partial charge in [0.15, 0.2) is 0 Å². The summed E-state index contributed by atoms with van der Waals surface area (Å²) >= 11 is 1.56. The summed E-state index contributed by atoms with van der Waals surface area (Å²) in [4.78, 5) is 33.1. The molecule has 0 spiro atoms. The van der Waals surface area contributed by atoms with Crippen LogP contribution in [-0.2, 0) is 16.0 Å². The number of carbonyl (C=O) groups is 2. The van der Waals surface area contributed by atoms with Crippen molar-refractivity contribution in [2.75, 3.05) is 6.54 Å². The molecule has 9 heteroatoms. The minimum atomic E-state index is -0.722. The van der Waals surface area contributed by atoms with Crippen LogP contribution >= 0.6 is 11.3 Å². The van der Waals surface area contributed by atoms with Gasteiger partial charge in [-0.15, -0.1) is 11.3 Å². The average molecular weight is 471 g/mol. The molecular formula is C24H34N6O2S. The normalized spacial score (nSPS) is 16.2. The Hall–Kier alpha value is -2.64. The molecule has 8 nitrogen and oxygen atoms in total. The van der Waals surface area contributed by atoms with E-state index in [1.807, 2.05) is 6.07 Å². The number of fused-ring (bicyclic) bond motifs is 1. The van der Waals surface area contributed by atoms with Crippen LogP contribution in [0.2, 0.25) is 0 Å². The van der Waals surface area contributed by atoms with E-state index in [2.05, 4.69) is 46.6 Å². The Bertz CT molecular complexity index is 1010. The smallest absolute Gasteiger partial charge is 0.243 e. The lowest BCUT2D eigenvalue weighted by molar-refractivity contribution is -0.129. The number of aromatic nitrogens is 1. The van der Waals surface area contributed by atoms with Gasteiger partial charge in [-0.2, -0.15) is 0 Å². The van der Waals surface area contributed by atoms with Crippen molar-refractivity contribution in [1.29, 1.82) is 0 Å². The zero-order valence-corrected chi connectivity index (χ0v) is 20.5. The zero-order valence-electron chi connectivity index (χ0n) is 19.7. The van der Waals surface area contributed by atoms with Crippen molar-refractivity contribution in [2.24, 2.45) is 11.0 Å².